The molecule has 1 N–H and O–H groups in total. The fourth-order valence-corrected chi connectivity index (χ4v) is 4.10. The Hall–Kier alpha value is -1.04. The van der Waals surface area contributed by atoms with E-state index >= 15 is 0 Å². The average molecular weight is 334 g/mol. The van der Waals surface area contributed by atoms with Crippen LogP contribution in [-0.2, 0) is 16.1 Å². The number of nitrogens with zero attached hydrogens (tertiary/aromatic N) is 1. The van der Waals surface area contributed by atoms with E-state index in [1.165, 1.54) is 5.56 Å². The average Bonchev–Trinajstić information content (AvgIpc) is 2.62. The molecule has 5 heteroatoms. The number of hydrogen-bond acceptors (Lipinski definition) is 4. The van der Waals surface area contributed by atoms with Crippen molar-refractivity contribution in [1.82, 2.24) is 10.2 Å². The number of likely N-dealkylation sites (tertiary alicyclic amines) is 1. The van der Waals surface area contributed by atoms with Gasteiger partial charge in [-0.05, 0) is 18.4 Å². The van der Waals surface area contributed by atoms with Gasteiger partial charge in [0.05, 0.1) is 12.7 Å². The molecule has 2 aliphatic rings. The van der Waals surface area contributed by atoms with Gasteiger partial charge in [0.2, 0.25) is 5.91 Å². The molecule has 3 rings (SSSR count). The second-order valence-electron chi connectivity index (χ2n) is 6.31. The van der Waals surface area contributed by atoms with Crippen LogP contribution in [0.3, 0.4) is 0 Å². The quantitative estimate of drug-likeness (QED) is 0.897. The molecule has 1 aromatic rings. The van der Waals surface area contributed by atoms with Crippen molar-refractivity contribution in [3.05, 3.63) is 35.9 Å². The number of thioether (sulfide) groups is 1. The fourth-order valence-electron chi connectivity index (χ4n) is 3.15. The molecule has 126 valence electrons. The zero-order valence-electron chi connectivity index (χ0n) is 13.6. The lowest BCUT2D eigenvalue weighted by Crippen LogP contribution is -2.45. The highest BCUT2D eigenvalue weighted by atomic mass is 32.2. The molecule has 1 amide bonds. The van der Waals surface area contributed by atoms with Gasteiger partial charge in [-0.15, -0.1) is 0 Å². The van der Waals surface area contributed by atoms with Crippen molar-refractivity contribution in [3.63, 3.8) is 0 Å². The smallest absolute Gasteiger partial charge is 0.224 e. The third-order valence-electron chi connectivity index (χ3n) is 4.54. The monoisotopic (exact) mass is 334 g/mol. The van der Waals surface area contributed by atoms with Crippen LogP contribution in [0.5, 0.6) is 0 Å². The maximum absolute atomic E-state index is 12.4. The van der Waals surface area contributed by atoms with E-state index in [2.05, 4.69) is 17.4 Å². The number of benzene rings is 1. The molecule has 1 atom stereocenters. The Kier molecular flexibility index (Phi) is 6.37. The molecule has 1 aromatic carbocycles. The normalized spacial score (nSPS) is 23.0. The molecular weight excluding hydrogens is 308 g/mol. The molecular formula is C18H26N2O2S. The molecule has 1 unspecified atom stereocenters. The first-order chi connectivity index (χ1) is 11.3. The van der Waals surface area contributed by atoms with Crippen LogP contribution in [0.2, 0.25) is 0 Å². The second kappa shape index (κ2) is 8.71. The highest BCUT2D eigenvalue weighted by molar-refractivity contribution is 7.99. The Morgan fingerprint density at radius 1 is 1.26 bits per heavy atom. The number of nitrogens with one attached hydrogen (secondary N) is 1. The molecule has 0 saturated carbocycles. The van der Waals surface area contributed by atoms with Crippen molar-refractivity contribution in [3.8, 4) is 0 Å². The Bertz CT molecular complexity index is 483. The molecule has 2 fully saturated rings. The van der Waals surface area contributed by atoms with Crippen LogP contribution in [0.25, 0.3) is 0 Å². The van der Waals surface area contributed by atoms with Crippen LogP contribution in [0.15, 0.2) is 30.3 Å². The minimum absolute atomic E-state index is 0.280. The van der Waals surface area contributed by atoms with E-state index in [1.807, 2.05) is 34.9 Å². The van der Waals surface area contributed by atoms with Crippen LogP contribution in [0.1, 0.15) is 24.8 Å². The molecule has 4 nitrogen and oxygen atoms in total. The molecule has 23 heavy (non-hydrogen) atoms. The highest BCUT2D eigenvalue weighted by Crippen LogP contribution is 2.18. The SMILES string of the molecule is O=C(CC1CSCCN1)N1CCC(OCc2ccccc2)CC1. The molecule has 0 spiro atoms. The zero-order valence-corrected chi connectivity index (χ0v) is 14.4. The molecule has 2 aliphatic heterocycles. The number of carbonyl (C=O) groups is 1. The third-order valence-corrected chi connectivity index (χ3v) is 5.67. The standard InChI is InChI=1S/C18H26N2O2S/c21-18(12-16-14-23-11-8-19-16)20-9-6-17(7-10-20)22-13-15-4-2-1-3-5-15/h1-5,16-17,19H,6-14H2. The van der Waals surface area contributed by atoms with Crippen LogP contribution in [0, 0.1) is 0 Å². The van der Waals surface area contributed by atoms with E-state index in [1.54, 1.807) is 0 Å². The van der Waals surface area contributed by atoms with E-state index in [9.17, 15) is 4.79 Å². The van der Waals surface area contributed by atoms with E-state index in [4.69, 9.17) is 4.74 Å². The van der Waals surface area contributed by atoms with E-state index in [0.29, 0.717) is 25.0 Å². The minimum atomic E-state index is 0.280. The van der Waals surface area contributed by atoms with Crippen molar-refractivity contribution in [2.45, 2.75) is 38.0 Å². The van der Waals surface area contributed by atoms with Crippen molar-refractivity contribution >= 4 is 17.7 Å². The van der Waals surface area contributed by atoms with Gasteiger partial charge in [0.1, 0.15) is 0 Å². The van der Waals surface area contributed by atoms with Crippen molar-refractivity contribution in [2.24, 2.45) is 0 Å². The number of amides is 1. The molecule has 0 bridgehead atoms. The number of piperidine rings is 1. The lowest BCUT2D eigenvalue weighted by atomic mass is 10.1. The first kappa shape index (κ1) is 16.8. The summed E-state index contributed by atoms with van der Waals surface area (Å²) in [5.74, 6) is 2.52. The predicted octanol–water partition coefficient (Wildman–Crippen LogP) is 2.29. The Morgan fingerprint density at radius 2 is 2.04 bits per heavy atom. The van der Waals surface area contributed by atoms with Crippen molar-refractivity contribution in [2.75, 3.05) is 31.1 Å². The van der Waals surface area contributed by atoms with Crippen molar-refractivity contribution in [1.29, 1.82) is 0 Å². The maximum atomic E-state index is 12.4. The number of ether oxygens (including phenoxy) is 1. The van der Waals surface area contributed by atoms with Crippen LogP contribution < -0.4 is 5.32 Å². The summed E-state index contributed by atoms with van der Waals surface area (Å²) in [6.45, 7) is 3.36. The lowest BCUT2D eigenvalue weighted by molar-refractivity contribution is -0.134. The summed E-state index contributed by atoms with van der Waals surface area (Å²) in [6.07, 6.45) is 2.82. The number of hydrogen-bond donors (Lipinski definition) is 1. The van der Waals surface area contributed by atoms with Gasteiger partial charge >= 0.3 is 0 Å². The highest BCUT2D eigenvalue weighted by Gasteiger charge is 2.25. The molecule has 2 saturated heterocycles. The second-order valence-corrected chi connectivity index (χ2v) is 7.46. The third kappa shape index (κ3) is 5.23. The summed E-state index contributed by atoms with van der Waals surface area (Å²) in [5.41, 5.74) is 1.21. The summed E-state index contributed by atoms with van der Waals surface area (Å²) in [4.78, 5) is 14.4. The number of rotatable bonds is 5. The lowest BCUT2D eigenvalue weighted by Gasteiger charge is -2.33. The Balaban J connectivity index is 1.37. The minimum Gasteiger partial charge on any atom is -0.373 e. The molecule has 0 aromatic heterocycles. The predicted molar refractivity (Wildman–Crippen MR) is 94.6 cm³/mol. The van der Waals surface area contributed by atoms with Gasteiger partial charge in [0.25, 0.3) is 0 Å². The van der Waals surface area contributed by atoms with Crippen molar-refractivity contribution < 1.29 is 9.53 Å². The number of carbonyl (C=O) groups excluding carboxylic acids is 1. The van der Waals surface area contributed by atoms with Gasteiger partial charge in [-0.1, -0.05) is 30.3 Å². The fraction of sp³-hybridized carbons (Fsp3) is 0.611. The summed E-state index contributed by atoms with van der Waals surface area (Å²) < 4.78 is 5.99. The van der Waals surface area contributed by atoms with Gasteiger partial charge < -0.3 is 15.0 Å². The van der Waals surface area contributed by atoms with E-state index < -0.39 is 0 Å². The first-order valence-electron chi connectivity index (χ1n) is 8.55. The van der Waals surface area contributed by atoms with Gasteiger partial charge in [-0.2, -0.15) is 11.8 Å². The van der Waals surface area contributed by atoms with E-state index in [-0.39, 0.29) is 6.10 Å². The molecule has 0 aliphatic carbocycles. The Morgan fingerprint density at radius 3 is 2.74 bits per heavy atom. The molecule has 2 heterocycles. The van der Waals surface area contributed by atoms with Crippen LogP contribution in [0.4, 0.5) is 0 Å². The van der Waals surface area contributed by atoms with Crippen LogP contribution in [-0.4, -0.2) is 54.1 Å². The summed E-state index contributed by atoms with van der Waals surface area (Å²) >= 11 is 1.94. The summed E-state index contributed by atoms with van der Waals surface area (Å²) in [5, 5.41) is 3.44. The zero-order chi connectivity index (χ0) is 15.9. The van der Waals surface area contributed by atoms with E-state index in [0.717, 1.165) is 44.0 Å². The summed E-state index contributed by atoms with van der Waals surface area (Å²) in [7, 11) is 0. The Labute approximate surface area is 143 Å². The molecule has 0 radical (unpaired) electrons. The summed E-state index contributed by atoms with van der Waals surface area (Å²) in [6, 6.07) is 10.6. The maximum Gasteiger partial charge on any atom is 0.224 e. The topological polar surface area (TPSA) is 41.6 Å². The van der Waals surface area contributed by atoms with Gasteiger partial charge in [-0.25, -0.2) is 0 Å². The van der Waals surface area contributed by atoms with Gasteiger partial charge in [0, 0.05) is 43.6 Å². The van der Waals surface area contributed by atoms with Crippen LogP contribution >= 0.6 is 11.8 Å². The largest absolute Gasteiger partial charge is 0.373 e. The first-order valence-corrected chi connectivity index (χ1v) is 9.71. The van der Waals surface area contributed by atoms with Gasteiger partial charge in [-0.3, -0.25) is 4.79 Å². The van der Waals surface area contributed by atoms with Gasteiger partial charge in [0.15, 0.2) is 0 Å².